The molecule has 9 nitrogen and oxygen atoms in total. The molecular formula is C15H21N5O4S. The minimum atomic E-state index is -3.13. The molecule has 0 saturated heterocycles. The van der Waals surface area contributed by atoms with Crippen LogP contribution in [0.3, 0.4) is 0 Å². The summed E-state index contributed by atoms with van der Waals surface area (Å²) >= 11 is 0. The van der Waals surface area contributed by atoms with Crippen molar-refractivity contribution in [1.29, 1.82) is 0 Å². The summed E-state index contributed by atoms with van der Waals surface area (Å²) in [5, 5.41) is 6.54. The van der Waals surface area contributed by atoms with E-state index in [2.05, 4.69) is 20.4 Å². The summed E-state index contributed by atoms with van der Waals surface area (Å²) in [6.45, 7) is 3.38. The van der Waals surface area contributed by atoms with E-state index in [-0.39, 0.29) is 23.9 Å². The van der Waals surface area contributed by atoms with Gasteiger partial charge in [0.25, 0.3) is 0 Å². The van der Waals surface area contributed by atoms with Crippen molar-refractivity contribution >= 4 is 15.9 Å². The second-order valence-electron chi connectivity index (χ2n) is 5.50. The van der Waals surface area contributed by atoms with Gasteiger partial charge in [-0.05, 0) is 19.1 Å². The van der Waals surface area contributed by atoms with Crippen LogP contribution in [-0.4, -0.2) is 59.6 Å². The Hall–Kier alpha value is -2.49. The van der Waals surface area contributed by atoms with Crippen molar-refractivity contribution in [2.75, 3.05) is 25.1 Å². The Labute approximate surface area is 146 Å². The van der Waals surface area contributed by atoms with Gasteiger partial charge in [-0.3, -0.25) is 4.98 Å². The highest BCUT2D eigenvalue weighted by atomic mass is 32.2. The van der Waals surface area contributed by atoms with Crippen LogP contribution in [0.4, 0.5) is 4.79 Å². The second kappa shape index (κ2) is 8.06. The molecule has 2 heterocycles. The molecule has 2 amide bonds. The Balaban J connectivity index is 1.94. The molecule has 0 unspecified atom stereocenters. The molecule has 25 heavy (non-hydrogen) atoms. The zero-order valence-corrected chi connectivity index (χ0v) is 15.2. The van der Waals surface area contributed by atoms with Crippen LogP contribution >= 0.6 is 0 Å². The molecule has 0 aliphatic carbocycles. The lowest BCUT2D eigenvalue weighted by Gasteiger charge is -2.19. The molecule has 0 spiro atoms. The number of sulfone groups is 1. The van der Waals surface area contributed by atoms with Gasteiger partial charge in [-0.15, -0.1) is 0 Å². The van der Waals surface area contributed by atoms with Crippen LogP contribution in [0, 0.1) is 0 Å². The highest BCUT2D eigenvalue weighted by molar-refractivity contribution is 7.91. The maximum atomic E-state index is 12.1. The number of aromatic nitrogens is 3. The minimum Gasteiger partial charge on any atom is -0.337 e. The number of amides is 2. The van der Waals surface area contributed by atoms with Gasteiger partial charge < -0.3 is 14.7 Å². The summed E-state index contributed by atoms with van der Waals surface area (Å²) in [6, 6.07) is 4.39. The third-order valence-corrected chi connectivity index (χ3v) is 5.25. The van der Waals surface area contributed by atoms with Gasteiger partial charge in [0.05, 0.1) is 5.75 Å². The molecule has 0 fully saturated rings. The summed E-state index contributed by atoms with van der Waals surface area (Å²) in [7, 11) is -1.60. The number of carbonyl (C=O) groups is 1. The third-order valence-electron chi connectivity index (χ3n) is 3.57. The van der Waals surface area contributed by atoms with Gasteiger partial charge in [-0.2, -0.15) is 4.98 Å². The fourth-order valence-electron chi connectivity index (χ4n) is 1.89. The van der Waals surface area contributed by atoms with Gasteiger partial charge in [0, 0.05) is 25.5 Å². The normalized spacial score (nSPS) is 12.6. The first kappa shape index (κ1) is 18.8. The van der Waals surface area contributed by atoms with Gasteiger partial charge >= 0.3 is 6.03 Å². The first-order chi connectivity index (χ1) is 11.8. The summed E-state index contributed by atoms with van der Waals surface area (Å²) < 4.78 is 28.2. The topological polar surface area (TPSA) is 118 Å². The maximum absolute atomic E-state index is 12.1. The van der Waals surface area contributed by atoms with Crippen LogP contribution in [0.2, 0.25) is 0 Å². The Morgan fingerprint density at radius 2 is 2.16 bits per heavy atom. The number of hydrogen-bond acceptors (Lipinski definition) is 7. The fraction of sp³-hybridized carbons (Fsp3) is 0.467. The van der Waals surface area contributed by atoms with Crippen LogP contribution in [0.25, 0.3) is 11.5 Å². The van der Waals surface area contributed by atoms with E-state index in [1.807, 2.05) is 6.07 Å². The van der Waals surface area contributed by atoms with Crippen molar-refractivity contribution < 1.29 is 17.7 Å². The minimum absolute atomic E-state index is 0.0527. The first-order valence-electron chi connectivity index (χ1n) is 7.79. The zero-order valence-electron chi connectivity index (χ0n) is 14.3. The van der Waals surface area contributed by atoms with Gasteiger partial charge in [-0.25, -0.2) is 13.2 Å². The molecule has 2 aromatic heterocycles. The Kier molecular flexibility index (Phi) is 6.07. The molecule has 0 aromatic carbocycles. The third kappa shape index (κ3) is 5.24. The number of hydrogen-bond donors (Lipinski definition) is 1. The fourth-order valence-corrected chi connectivity index (χ4v) is 2.73. The molecule has 0 saturated carbocycles. The van der Waals surface area contributed by atoms with Gasteiger partial charge in [0.15, 0.2) is 9.84 Å². The molecule has 10 heteroatoms. The molecule has 0 aliphatic heterocycles. The highest BCUT2D eigenvalue weighted by Crippen LogP contribution is 2.16. The quantitative estimate of drug-likeness (QED) is 0.782. The van der Waals surface area contributed by atoms with Crippen molar-refractivity contribution in [2.24, 2.45) is 0 Å². The lowest BCUT2D eigenvalue weighted by atomic mass is 10.3. The van der Waals surface area contributed by atoms with Crippen molar-refractivity contribution in [3.8, 4) is 11.5 Å². The molecule has 1 N–H and O–H groups in total. The van der Waals surface area contributed by atoms with Crippen LogP contribution in [0.1, 0.15) is 25.8 Å². The Bertz CT molecular complexity index is 806. The predicted octanol–water partition coefficient (Wildman–Crippen LogP) is 1.27. The number of urea groups is 1. The first-order valence-corrected chi connectivity index (χ1v) is 9.61. The smallest absolute Gasteiger partial charge is 0.317 e. The molecule has 0 aliphatic rings. The average molecular weight is 367 g/mol. The Morgan fingerprint density at radius 1 is 1.40 bits per heavy atom. The standard InChI is InChI=1S/C15H21N5O4S/c1-4-25(22,23)10-9-20(3)15(21)17-11(2)14-18-13(19-24-14)12-7-5-6-8-16-12/h5-8,11H,4,9-10H2,1-3H3,(H,17,21)/t11-/m1/s1. The van der Waals surface area contributed by atoms with E-state index >= 15 is 0 Å². The number of rotatable bonds is 7. The molecule has 1 atom stereocenters. The van der Waals surface area contributed by atoms with E-state index in [4.69, 9.17) is 4.52 Å². The van der Waals surface area contributed by atoms with E-state index < -0.39 is 21.9 Å². The largest absolute Gasteiger partial charge is 0.337 e. The lowest BCUT2D eigenvalue weighted by molar-refractivity contribution is 0.204. The number of nitrogens with one attached hydrogen (secondary N) is 1. The summed E-state index contributed by atoms with van der Waals surface area (Å²) in [5.74, 6) is 0.547. The highest BCUT2D eigenvalue weighted by Gasteiger charge is 2.20. The number of carbonyl (C=O) groups excluding carboxylic acids is 1. The molecular weight excluding hydrogens is 346 g/mol. The predicted molar refractivity (Wildman–Crippen MR) is 91.4 cm³/mol. The molecule has 0 bridgehead atoms. The lowest BCUT2D eigenvalue weighted by Crippen LogP contribution is -2.40. The average Bonchev–Trinajstić information content (AvgIpc) is 3.10. The molecule has 2 aromatic rings. The van der Waals surface area contributed by atoms with E-state index in [0.717, 1.165) is 0 Å². The van der Waals surface area contributed by atoms with E-state index in [9.17, 15) is 13.2 Å². The van der Waals surface area contributed by atoms with Gasteiger partial charge in [0.1, 0.15) is 11.7 Å². The number of pyridine rings is 1. The van der Waals surface area contributed by atoms with Crippen molar-refractivity contribution in [3.05, 3.63) is 30.3 Å². The van der Waals surface area contributed by atoms with Gasteiger partial charge in [0.2, 0.25) is 11.7 Å². The molecule has 136 valence electrons. The van der Waals surface area contributed by atoms with E-state index in [0.29, 0.717) is 11.5 Å². The second-order valence-corrected chi connectivity index (χ2v) is 7.97. The van der Waals surface area contributed by atoms with Crippen LogP contribution in [0.5, 0.6) is 0 Å². The van der Waals surface area contributed by atoms with Crippen LogP contribution in [0.15, 0.2) is 28.9 Å². The summed E-state index contributed by atoms with van der Waals surface area (Å²) in [4.78, 5) is 21.8. The summed E-state index contributed by atoms with van der Waals surface area (Å²) in [5.41, 5.74) is 0.568. The number of nitrogens with zero attached hydrogens (tertiary/aromatic N) is 4. The SMILES string of the molecule is CCS(=O)(=O)CCN(C)C(=O)N[C@H](C)c1nc(-c2ccccn2)no1. The van der Waals surface area contributed by atoms with E-state index in [1.165, 1.54) is 11.9 Å². The van der Waals surface area contributed by atoms with Crippen LogP contribution < -0.4 is 5.32 Å². The Morgan fingerprint density at radius 3 is 2.80 bits per heavy atom. The van der Waals surface area contributed by atoms with Crippen LogP contribution in [-0.2, 0) is 9.84 Å². The molecule has 2 rings (SSSR count). The van der Waals surface area contributed by atoms with Crippen molar-refractivity contribution in [3.63, 3.8) is 0 Å². The molecule has 0 radical (unpaired) electrons. The monoisotopic (exact) mass is 367 g/mol. The van der Waals surface area contributed by atoms with Gasteiger partial charge in [-0.1, -0.05) is 18.1 Å². The maximum Gasteiger partial charge on any atom is 0.317 e. The zero-order chi connectivity index (χ0) is 18.4. The van der Waals surface area contributed by atoms with Crippen molar-refractivity contribution in [1.82, 2.24) is 25.3 Å². The van der Waals surface area contributed by atoms with E-state index in [1.54, 1.807) is 32.2 Å². The van der Waals surface area contributed by atoms with Crippen molar-refractivity contribution in [2.45, 2.75) is 19.9 Å². The summed E-state index contributed by atoms with van der Waals surface area (Å²) in [6.07, 6.45) is 1.62.